The highest BCUT2D eigenvalue weighted by Crippen LogP contribution is 2.18. The number of aliphatic imine (C=N–C) groups is 1. The van der Waals surface area contributed by atoms with Crippen molar-refractivity contribution in [2.75, 3.05) is 13.6 Å². The molecule has 0 amide bonds. The summed E-state index contributed by atoms with van der Waals surface area (Å²) >= 11 is 0. The molecule has 1 aliphatic rings. The zero-order valence-electron chi connectivity index (χ0n) is 10.7. The van der Waals surface area contributed by atoms with Crippen LogP contribution in [-0.4, -0.2) is 25.6 Å². The van der Waals surface area contributed by atoms with Crippen LogP contribution < -0.4 is 10.6 Å². The average Bonchev–Trinajstić information content (AvgIpc) is 3.16. The molecule has 2 rings (SSSR count). The van der Waals surface area contributed by atoms with Crippen LogP contribution in [0, 0.1) is 11.6 Å². The molecule has 0 saturated heterocycles. The van der Waals surface area contributed by atoms with Gasteiger partial charge in [-0.1, -0.05) is 0 Å². The lowest BCUT2D eigenvalue weighted by Gasteiger charge is -2.11. The highest BCUT2D eigenvalue weighted by molar-refractivity contribution is 14.0. The van der Waals surface area contributed by atoms with E-state index < -0.39 is 5.82 Å². The molecule has 0 radical (unpaired) electrons. The molecule has 0 bridgehead atoms. The van der Waals surface area contributed by atoms with E-state index in [2.05, 4.69) is 15.6 Å². The van der Waals surface area contributed by atoms with Crippen LogP contribution in [0.2, 0.25) is 0 Å². The number of halogens is 3. The number of hydrogen-bond donors (Lipinski definition) is 2. The lowest BCUT2D eigenvalue weighted by Crippen LogP contribution is -2.39. The van der Waals surface area contributed by atoms with Gasteiger partial charge in [0, 0.05) is 19.6 Å². The van der Waals surface area contributed by atoms with Crippen LogP contribution >= 0.6 is 24.0 Å². The molecular formula is C13H18F2IN3. The van der Waals surface area contributed by atoms with Crippen LogP contribution in [0.15, 0.2) is 23.2 Å². The summed E-state index contributed by atoms with van der Waals surface area (Å²) in [4.78, 5) is 4.07. The second-order valence-corrected chi connectivity index (χ2v) is 4.40. The smallest absolute Gasteiger partial charge is 0.191 e. The molecule has 2 N–H and O–H groups in total. The van der Waals surface area contributed by atoms with Gasteiger partial charge in [0.05, 0.1) is 0 Å². The Kier molecular flexibility index (Phi) is 6.47. The molecule has 106 valence electrons. The van der Waals surface area contributed by atoms with Crippen molar-refractivity contribution >= 4 is 29.9 Å². The highest BCUT2D eigenvalue weighted by Gasteiger charge is 2.21. The predicted molar refractivity (Wildman–Crippen MR) is 83.0 cm³/mol. The van der Waals surface area contributed by atoms with Gasteiger partial charge in [0.15, 0.2) is 5.96 Å². The van der Waals surface area contributed by atoms with E-state index in [1.54, 1.807) is 7.05 Å². The fourth-order valence-corrected chi connectivity index (χ4v) is 1.67. The summed E-state index contributed by atoms with van der Waals surface area (Å²) in [5.41, 5.74) is 0.379. The second kappa shape index (κ2) is 7.62. The first-order valence-electron chi connectivity index (χ1n) is 6.10. The maximum absolute atomic E-state index is 13.4. The van der Waals surface area contributed by atoms with E-state index in [9.17, 15) is 8.78 Å². The maximum atomic E-state index is 13.4. The zero-order valence-corrected chi connectivity index (χ0v) is 13.1. The minimum absolute atomic E-state index is 0. The molecule has 19 heavy (non-hydrogen) atoms. The van der Waals surface area contributed by atoms with Crippen LogP contribution in [0.1, 0.15) is 18.4 Å². The Bertz CT molecular complexity index is 448. The Hall–Kier alpha value is -0.920. The van der Waals surface area contributed by atoms with E-state index >= 15 is 0 Å². The summed E-state index contributed by atoms with van der Waals surface area (Å²) in [6, 6.07) is 4.03. The monoisotopic (exact) mass is 381 g/mol. The number of nitrogens with zero attached hydrogens (tertiary/aromatic N) is 1. The third kappa shape index (κ3) is 5.30. The number of nitrogens with one attached hydrogen (secondary N) is 2. The topological polar surface area (TPSA) is 36.4 Å². The molecule has 1 aromatic rings. The SMILES string of the molecule is CN=C(NCCc1cc(F)ccc1F)NC1CC1.I. The zero-order chi connectivity index (χ0) is 13.0. The van der Waals surface area contributed by atoms with Gasteiger partial charge in [-0.3, -0.25) is 4.99 Å². The Balaban J connectivity index is 0.00000180. The van der Waals surface area contributed by atoms with E-state index in [0.717, 1.165) is 12.1 Å². The Morgan fingerprint density at radius 3 is 2.74 bits per heavy atom. The van der Waals surface area contributed by atoms with Crippen molar-refractivity contribution < 1.29 is 8.78 Å². The summed E-state index contributed by atoms with van der Waals surface area (Å²) in [5, 5.41) is 6.31. The van der Waals surface area contributed by atoms with Crippen molar-refractivity contribution in [2.45, 2.75) is 25.3 Å². The molecule has 0 aromatic heterocycles. The molecule has 1 fully saturated rings. The number of rotatable bonds is 4. The Labute approximate surface area is 128 Å². The van der Waals surface area contributed by atoms with E-state index in [0.29, 0.717) is 30.5 Å². The average molecular weight is 381 g/mol. The minimum atomic E-state index is -0.410. The first-order valence-corrected chi connectivity index (χ1v) is 6.10. The van der Waals surface area contributed by atoms with Crippen LogP contribution in [0.3, 0.4) is 0 Å². The molecule has 1 saturated carbocycles. The van der Waals surface area contributed by atoms with Crippen LogP contribution in [0.25, 0.3) is 0 Å². The molecular weight excluding hydrogens is 363 g/mol. The van der Waals surface area contributed by atoms with Gasteiger partial charge >= 0.3 is 0 Å². The molecule has 0 aliphatic heterocycles. The predicted octanol–water partition coefficient (Wildman–Crippen LogP) is 2.45. The van der Waals surface area contributed by atoms with Crippen molar-refractivity contribution in [1.82, 2.24) is 10.6 Å². The first-order chi connectivity index (χ1) is 8.69. The van der Waals surface area contributed by atoms with Crippen molar-refractivity contribution in [3.8, 4) is 0 Å². The first kappa shape index (κ1) is 16.1. The van der Waals surface area contributed by atoms with Crippen LogP contribution in [-0.2, 0) is 6.42 Å². The van der Waals surface area contributed by atoms with Crippen molar-refractivity contribution in [2.24, 2.45) is 4.99 Å². The van der Waals surface area contributed by atoms with Gasteiger partial charge in [0.2, 0.25) is 0 Å². The third-order valence-corrected chi connectivity index (χ3v) is 2.84. The normalized spacial score (nSPS) is 14.8. The molecule has 0 heterocycles. The molecule has 1 aliphatic carbocycles. The highest BCUT2D eigenvalue weighted by atomic mass is 127. The van der Waals surface area contributed by atoms with Crippen LogP contribution in [0.5, 0.6) is 0 Å². The van der Waals surface area contributed by atoms with Gasteiger partial charge in [-0.2, -0.15) is 0 Å². The van der Waals surface area contributed by atoms with Gasteiger partial charge < -0.3 is 10.6 Å². The third-order valence-electron chi connectivity index (χ3n) is 2.84. The van der Waals surface area contributed by atoms with Crippen molar-refractivity contribution in [3.63, 3.8) is 0 Å². The largest absolute Gasteiger partial charge is 0.356 e. The van der Waals surface area contributed by atoms with Gasteiger partial charge in [-0.25, -0.2) is 8.78 Å². The molecule has 0 unspecified atom stereocenters. The minimum Gasteiger partial charge on any atom is -0.356 e. The summed E-state index contributed by atoms with van der Waals surface area (Å²) < 4.78 is 26.3. The fourth-order valence-electron chi connectivity index (χ4n) is 1.67. The summed E-state index contributed by atoms with van der Waals surface area (Å²) in [6.45, 7) is 0.521. The lowest BCUT2D eigenvalue weighted by atomic mass is 10.1. The fraction of sp³-hybridized carbons (Fsp3) is 0.462. The molecule has 1 aromatic carbocycles. The number of benzene rings is 1. The summed E-state index contributed by atoms with van der Waals surface area (Å²) in [7, 11) is 1.69. The molecule has 6 heteroatoms. The van der Waals surface area contributed by atoms with E-state index in [1.165, 1.54) is 18.9 Å². The second-order valence-electron chi connectivity index (χ2n) is 4.40. The standard InChI is InChI=1S/C13H17F2N3.HI/c1-16-13(18-11-3-4-11)17-7-6-9-8-10(14)2-5-12(9)15;/h2,5,8,11H,3-4,6-7H2,1H3,(H2,16,17,18);1H. The van der Waals surface area contributed by atoms with Crippen molar-refractivity contribution in [3.05, 3.63) is 35.4 Å². The Morgan fingerprint density at radius 1 is 1.37 bits per heavy atom. The van der Waals surface area contributed by atoms with Gasteiger partial charge in [-0.15, -0.1) is 24.0 Å². The maximum Gasteiger partial charge on any atom is 0.191 e. The van der Waals surface area contributed by atoms with Gasteiger partial charge in [-0.05, 0) is 43.0 Å². The van der Waals surface area contributed by atoms with Crippen LogP contribution in [0.4, 0.5) is 8.78 Å². The van der Waals surface area contributed by atoms with E-state index in [-0.39, 0.29) is 29.8 Å². The van der Waals surface area contributed by atoms with Gasteiger partial charge in [0.1, 0.15) is 11.6 Å². The van der Waals surface area contributed by atoms with E-state index in [1.807, 2.05) is 0 Å². The Morgan fingerprint density at radius 2 is 2.11 bits per heavy atom. The summed E-state index contributed by atoms with van der Waals surface area (Å²) in [5.74, 6) is -0.0652. The molecule has 0 spiro atoms. The number of guanidine groups is 1. The molecule has 3 nitrogen and oxygen atoms in total. The lowest BCUT2D eigenvalue weighted by molar-refractivity contribution is 0.583. The van der Waals surface area contributed by atoms with E-state index in [4.69, 9.17) is 0 Å². The quantitative estimate of drug-likeness (QED) is 0.478. The van der Waals surface area contributed by atoms with Crippen molar-refractivity contribution in [1.29, 1.82) is 0 Å². The summed E-state index contributed by atoms with van der Waals surface area (Å²) in [6.07, 6.45) is 2.76. The number of hydrogen-bond acceptors (Lipinski definition) is 1. The van der Waals surface area contributed by atoms with Gasteiger partial charge in [0.25, 0.3) is 0 Å². The molecule has 0 atom stereocenters.